The van der Waals surface area contributed by atoms with Crippen molar-refractivity contribution in [1.29, 1.82) is 0 Å². The predicted octanol–water partition coefficient (Wildman–Crippen LogP) is 10.7. The molecule has 4 rings (SSSR count). The number of amides is 2. The molecule has 2 amide bonds. The van der Waals surface area contributed by atoms with E-state index in [9.17, 15) is 19.8 Å². The number of carbonyl (C=O) groups is 2. The van der Waals surface area contributed by atoms with Gasteiger partial charge in [0.15, 0.2) is 0 Å². The third kappa shape index (κ3) is 14.4. The van der Waals surface area contributed by atoms with E-state index in [1.54, 1.807) is 0 Å². The van der Waals surface area contributed by atoms with Crippen molar-refractivity contribution in [3.8, 4) is 0 Å². The second-order valence-corrected chi connectivity index (χ2v) is 19.6. The third-order valence-electron chi connectivity index (χ3n) is 15.7. The van der Waals surface area contributed by atoms with E-state index in [1.165, 1.54) is 25.7 Å². The molecule has 0 aromatic carbocycles. The van der Waals surface area contributed by atoms with Crippen molar-refractivity contribution in [2.45, 2.75) is 162 Å². The molecule has 60 heavy (non-hydrogen) atoms. The summed E-state index contributed by atoms with van der Waals surface area (Å²) < 4.78 is 0. The number of nitrogens with zero attached hydrogens (tertiary/aromatic N) is 1. The molecule has 0 heterocycles. The lowest BCUT2D eigenvalue weighted by Crippen LogP contribution is -2.62. The lowest BCUT2D eigenvalue weighted by atomic mass is 9.41. The molecule has 4 aliphatic carbocycles. The number of fused-ring (bicyclic) bond motifs is 5. The number of aliphatic hydroxyl groups is 2. The molecule has 4 N–H and O–H groups in total. The van der Waals surface area contributed by atoms with Gasteiger partial charge in [0.2, 0.25) is 11.8 Å². The summed E-state index contributed by atoms with van der Waals surface area (Å²) in [5, 5.41) is 28.8. The molecule has 338 valence electrons. The molecule has 0 radical (unpaired) electrons. The molecular formula is C53H87N3O4. The van der Waals surface area contributed by atoms with E-state index in [0.717, 1.165) is 90.1 Å². The predicted molar refractivity (Wildman–Crippen MR) is 251 cm³/mol. The van der Waals surface area contributed by atoms with Gasteiger partial charge in [-0.3, -0.25) is 9.59 Å². The molecule has 7 nitrogen and oxygen atoms in total. The van der Waals surface area contributed by atoms with E-state index in [-0.39, 0.29) is 40.8 Å². The first-order chi connectivity index (χ1) is 29.0. The fourth-order valence-electron chi connectivity index (χ4n) is 12.4. The van der Waals surface area contributed by atoms with Gasteiger partial charge in [-0.2, -0.15) is 0 Å². The van der Waals surface area contributed by atoms with Crippen LogP contribution in [0.5, 0.6) is 0 Å². The summed E-state index contributed by atoms with van der Waals surface area (Å²) in [6.45, 7) is 14.5. The van der Waals surface area contributed by atoms with Crippen molar-refractivity contribution in [2.75, 3.05) is 33.2 Å². The number of hydrogen-bond acceptors (Lipinski definition) is 5. The van der Waals surface area contributed by atoms with Crippen LogP contribution in [0.1, 0.15) is 150 Å². The Balaban J connectivity index is 1.02. The average Bonchev–Trinajstić information content (AvgIpc) is 3.58. The van der Waals surface area contributed by atoms with E-state index in [0.29, 0.717) is 61.4 Å². The van der Waals surface area contributed by atoms with Gasteiger partial charge in [0.05, 0.1) is 12.2 Å². The van der Waals surface area contributed by atoms with Crippen LogP contribution in [0.25, 0.3) is 0 Å². The average molecular weight is 830 g/mol. The molecule has 7 heteroatoms. The highest BCUT2D eigenvalue weighted by molar-refractivity contribution is 5.76. The van der Waals surface area contributed by atoms with Crippen LogP contribution < -0.4 is 10.6 Å². The Morgan fingerprint density at radius 2 is 1.20 bits per heavy atom. The molecule has 0 aliphatic heterocycles. The van der Waals surface area contributed by atoms with Gasteiger partial charge in [-0.05, 0) is 156 Å². The van der Waals surface area contributed by atoms with Crippen LogP contribution in [0.15, 0.2) is 72.9 Å². The van der Waals surface area contributed by atoms with E-state index < -0.39 is 0 Å². The Hall–Kier alpha value is -2.74. The van der Waals surface area contributed by atoms with Gasteiger partial charge in [-0.15, -0.1) is 0 Å². The van der Waals surface area contributed by atoms with Crippen molar-refractivity contribution < 1.29 is 19.8 Å². The first-order valence-corrected chi connectivity index (χ1v) is 24.4. The molecule has 0 spiro atoms. The highest BCUT2D eigenvalue weighted by atomic mass is 16.3. The summed E-state index contributed by atoms with van der Waals surface area (Å²) in [6.07, 6.45) is 43.1. The molecule has 4 fully saturated rings. The first kappa shape index (κ1) is 49.9. The van der Waals surface area contributed by atoms with Gasteiger partial charge in [-0.25, -0.2) is 0 Å². The molecule has 0 aromatic rings. The van der Waals surface area contributed by atoms with Gasteiger partial charge >= 0.3 is 0 Å². The third-order valence-corrected chi connectivity index (χ3v) is 15.7. The second-order valence-electron chi connectivity index (χ2n) is 19.6. The Labute approximate surface area is 366 Å². The maximum atomic E-state index is 13.0. The number of aliphatic hydroxyl groups excluding tert-OH is 2. The zero-order valence-corrected chi connectivity index (χ0v) is 38.8. The minimum absolute atomic E-state index is 0.0776. The van der Waals surface area contributed by atoms with E-state index in [2.05, 4.69) is 123 Å². The summed E-state index contributed by atoms with van der Waals surface area (Å²) in [7, 11) is 2.04. The molecule has 0 aromatic heterocycles. The molecular weight excluding hydrogens is 743 g/mol. The minimum atomic E-state index is -0.263. The Bertz CT molecular complexity index is 1470. The monoisotopic (exact) mass is 830 g/mol. The summed E-state index contributed by atoms with van der Waals surface area (Å²) in [5.74, 6) is 3.46. The molecule has 1 unspecified atom stereocenters. The van der Waals surface area contributed by atoms with E-state index in [4.69, 9.17) is 0 Å². The SMILES string of the molecule is CC/C=C/C/C=C/C/C=C/C/C=C/C/C=C/C/C=C/CCC(=O)NCCN(C)CCNC(=O)CC[C@@H](C)C1CC[C@H]2[C@@H]3[C@H](O)[C@H](CC)[C@@H]4C[C@H](O)CC[C@]4(C)[C@H]3CC[C@]12C. The standard InChI is InChI=1S/C53H87N3O4/c1-7-9-10-11-12-13-14-15-16-17-18-19-20-21-22-23-24-25-26-27-48(58)54-36-38-56(6)39-37-55-49(59)31-28-41(3)44-29-30-45-50-46(33-35-52(44,45)4)53(5)34-32-42(57)40-47(53)43(8-2)51(50)60/h9-10,12-13,15-16,18-19,21-22,24-25,41-47,50-51,57,60H,7-8,11,14,17,20,23,26-40H2,1-6H3,(H,54,58)(H,55,59)/b10-9+,13-12+,16-15+,19-18+,22-21+,25-24+/t41-,42-,43-,44?,45+,46+,47+,50+,51-,52-,53-/m1/s1. The van der Waals surface area contributed by atoms with Crippen molar-refractivity contribution >= 4 is 11.8 Å². The Morgan fingerprint density at radius 3 is 1.77 bits per heavy atom. The number of hydrogen-bond donors (Lipinski definition) is 4. The van der Waals surface area contributed by atoms with Crippen LogP contribution in [-0.4, -0.2) is 72.4 Å². The topological polar surface area (TPSA) is 102 Å². The largest absolute Gasteiger partial charge is 0.393 e. The quantitative estimate of drug-likeness (QED) is 0.0687. The van der Waals surface area contributed by atoms with Crippen molar-refractivity contribution in [2.24, 2.45) is 52.3 Å². The number of nitrogens with one attached hydrogen (secondary N) is 2. The summed E-state index contributed by atoms with van der Waals surface area (Å²) in [4.78, 5) is 27.4. The normalized spacial score (nSPS) is 32.5. The number of likely N-dealkylation sites (N-methyl/N-ethyl adjacent to an activating group) is 1. The van der Waals surface area contributed by atoms with E-state index in [1.807, 2.05) is 7.05 Å². The van der Waals surface area contributed by atoms with Crippen LogP contribution in [0.2, 0.25) is 0 Å². The smallest absolute Gasteiger partial charge is 0.220 e. The Morgan fingerprint density at radius 1 is 0.683 bits per heavy atom. The van der Waals surface area contributed by atoms with Crippen LogP contribution in [0.4, 0.5) is 0 Å². The van der Waals surface area contributed by atoms with E-state index >= 15 is 0 Å². The molecule has 4 saturated carbocycles. The lowest BCUT2D eigenvalue weighted by molar-refractivity contribution is -0.203. The van der Waals surface area contributed by atoms with Crippen LogP contribution in [0.3, 0.4) is 0 Å². The molecule has 0 bridgehead atoms. The minimum Gasteiger partial charge on any atom is -0.393 e. The van der Waals surface area contributed by atoms with Gasteiger partial charge in [0.25, 0.3) is 0 Å². The fourth-order valence-corrected chi connectivity index (χ4v) is 12.4. The number of carbonyl (C=O) groups excluding carboxylic acids is 2. The molecule has 0 saturated heterocycles. The number of allylic oxidation sites excluding steroid dienone is 12. The van der Waals surface area contributed by atoms with Crippen molar-refractivity contribution in [1.82, 2.24) is 15.5 Å². The van der Waals surface area contributed by atoms with Gasteiger partial charge < -0.3 is 25.7 Å². The lowest BCUT2D eigenvalue weighted by Gasteiger charge is -2.64. The maximum absolute atomic E-state index is 13.0. The molecule has 4 aliphatic rings. The van der Waals surface area contributed by atoms with Crippen LogP contribution in [0, 0.1) is 52.3 Å². The Kier molecular flexibility index (Phi) is 21.6. The van der Waals surface area contributed by atoms with Gasteiger partial charge in [0, 0.05) is 39.0 Å². The maximum Gasteiger partial charge on any atom is 0.220 e. The van der Waals surface area contributed by atoms with Crippen LogP contribution >= 0.6 is 0 Å². The highest BCUT2D eigenvalue weighted by Crippen LogP contribution is 2.69. The first-order valence-electron chi connectivity index (χ1n) is 24.4. The zero-order valence-electron chi connectivity index (χ0n) is 38.8. The second kappa shape index (κ2) is 26.0. The van der Waals surface area contributed by atoms with Gasteiger partial charge in [-0.1, -0.05) is 114 Å². The van der Waals surface area contributed by atoms with Crippen LogP contribution in [-0.2, 0) is 9.59 Å². The molecule has 11 atom stereocenters. The van der Waals surface area contributed by atoms with Gasteiger partial charge in [0.1, 0.15) is 0 Å². The fraction of sp³-hybridized carbons (Fsp3) is 0.736. The summed E-state index contributed by atoms with van der Waals surface area (Å²) in [6, 6.07) is 0. The summed E-state index contributed by atoms with van der Waals surface area (Å²) in [5.41, 5.74) is 0.450. The van der Waals surface area contributed by atoms with Crippen molar-refractivity contribution in [3.05, 3.63) is 72.9 Å². The summed E-state index contributed by atoms with van der Waals surface area (Å²) >= 11 is 0. The number of rotatable bonds is 25. The zero-order chi connectivity index (χ0) is 43.4. The van der Waals surface area contributed by atoms with Crippen molar-refractivity contribution in [3.63, 3.8) is 0 Å². The highest BCUT2D eigenvalue weighted by Gasteiger charge is 2.64.